The number of hydrogen-bond acceptors (Lipinski definition) is 3. The van der Waals surface area contributed by atoms with E-state index in [4.69, 9.17) is 0 Å². The Labute approximate surface area is 140 Å². The minimum Gasteiger partial charge on any atom is -0.277 e. The van der Waals surface area contributed by atoms with Crippen molar-refractivity contribution in [3.05, 3.63) is 71.8 Å². The molecule has 0 bridgehead atoms. The van der Waals surface area contributed by atoms with Gasteiger partial charge in [-0.15, -0.1) is 0 Å². The number of barbiturate groups is 1. The molecular formula is C19H18N2O3. The van der Waals surface area contributed by atoms with Gasteiger partial charge in [-0.25, -0.2) is 4.79 Å². The molecule has 2 aromatic rings. The zero-order valence-corrected chi connectivity index (χ0v) is 13.3. The van der Waals surface area contributed by atoms with Crippen molar-refractivity contribution in [2.75, 3.05) is 0 Å². The molecular weight excluding hydrogens is 304 g/mol. The quantitative estimate of drug-likeness (QED) is 0.849. The highest BCUT2D eigenvalue weighted by Crippen LogP contribution is 2.40. The van der Waals surface area contributed by atoms with Crippen LogP contribution >= 0.6 is 0 Å². The Morgan fingerprint density at radius 1 is 0.833 bits per heavy atom. The van der Waals surface area contributed by atoms with Gasteiger partial charge in [0.1, 0.15) is 5.41 Å². The predicted molar refractivity (Wildman–Crippen MR) is 89.1 cm³/mol. The van der Waals surface area contributed by atoms with Crippen molar-refractivity contribution < 1.29 is 14.4 Å². The Balaban J connectivity index is 2.08. The third-order valence-electron chi connectivity index (χ3n) is 4.63. The van der Waals surface area contributed by atoms with E-state index >= 15 is 0 Å². The van der Waals surface area contributed by atoms with Gasteiger partial charge in [0.2, 0.25) is 11.8 Å². The molecule has 1 heterocycles. The zero-order chi connectivity index (χ0) is 17.2. The predicted octanol–water partition coefficient (Wildman–Crippen LogP) is 2.39. The molecule has 3 rings (SSSR count). The van der Waals surface area contributed by atoms with Gasteiger partial charge < -0.3 is 0 Å². The Morgan fingerprint density at radius 3 is 1.88 bits per heavy atom. The lowest BCUT2D eigenvalue weighted by molar-refractivity contribution is -0.145. The summed E-state index contributed by atoms with van der Waals surface area (Å²) in [5, 5.41) is 4.52. The molecule has 1 aliphatic heterocycles. The van der Waals surface area contributed by atoms with Gasteiger partial charge in [-0.3, -0.25) is 20.2 Å². The van der Waals surface area contributed by atoms with E-state index in [0.717, 1.165) is 11.1 Å². The average molecular weight is 322 g/mol. The molecule has 24 heavy (non-hydrogen) atoms. The first kappa shape index (κ1) is 15.9. The molecule has 0 radical (unpaired) electrons. The number of amides is 4. The van der Waals surface area contributed by atoms with Crippen molar-refractivity contribution in [2.24, 2.45) is 5.41 Å². The van der Waals surface area contributed by atoms with E-state index in [2.05, 4.69) is 10.6 Å². The molecule has 4 amide bonds. The second-order valence-corrected chi connectivity index (χ2v) is 6.00. The van der Waals surface area contributed by atoms with Gasteiger partial charge in [0.15, 0.2) is 0 Å². The van der Waals surface area contributed by atoms with Gasteiger partial charge in [0.05, 0.1) is 0 Å². The van der Waals surface area contributed by atoms with Crippen LogP contribution in [0.2, 0.25) is 0 Å². The summed E-state index contributed by atoms with van der Waals surface area (Å²) in [6.45, 7) is 1.84. The minimum absolute atomic E-state index is 0.217. The van der Waals surface area contributed by atoms with Gasteiger partial charge in [-0.1, -0.05) is 67.6 Å². The highest BCUT2D eigenvalue weighted by Gasteiger charge is 2.54. The van der Waals surface area contributed by atoms with E-state index in [0.29, 0.717) is 0 Å². The smallest absolute Gasteiger partial charge is 0.277 e. The number of nitrogens with one attached hydrogen (secondary N) is 2. The van der Waals surface area contributed by atoms with E-state index < -0.39 is 29.2 Å². The number of carbonyl (C=O) groups is 3. The first-order chi connectivity index (χ1) is 11.5. The van der Waals surface area contributed by atoms with Gasteiger partial charge in [0, 0.05) is 5.92 Å². The van der Waals surface area contributed by atoms with Crippen molar-refractivity contribution in [3.8, 4) is 0 Å². The maximum Gasteiger partial charge on any atom is 0.328 e. The number of hydrogen-bond donors (Lipinski definition) is 2. The molecule has 1 atom stereocenters. The maximum atomic E-state index is 12.8. The minimum atomic E-state index is -1.38. The normalized spacial score (nSPS) is 17.8. The Bertz CT molecular complexity index is 752. The molecule has 0 spiro atoms. The number of imide groups is 2. The zero-order valence-electron chi connectivity index (χ0n) is 13.3. The molecule has 0 aliphatic carbocycles. The second-order valence-electron chi connectivity index (χ2n) is 6.00. The van der Waals surface area contributed by atoms with Gasteiger partial charge >= 0.3 is 6.03 Å². The molecule has 1 aliphatic rings. The summed E-state index contributed by atoms with van der Waals surface area (Å²) >= 11 is 0. The van der Waals surface area contributed by atoms with Crippen molar-refractivity contribution in [1.82, 2.24) is 10.6 Å². The lowest BCUT2D eigenvalue weighted by Crippen LogP contribution is -2.64. The number of rotatable bonds is 4. The second kappa shape index (κ2) is 6.28. The highest BCUT2D eigenvalue weighted by molar-refractivity contribution is 6.19. The summed E-state index contributed by atoms with van der Waals surface area (Å²) in [5.74, 6) is -1.51. The van der Waals surface area contributed by atoms with Crippen molar-refractivity contribution >= 4 is 17.8 Å². The molecule has 1 saturated heterocycles. The van der Waals surface area contributed by atoms with Gasteiger partial charge in [-0.05, 0) is 17.5 Å². The molecule has 5 nitrogen and oxygen atoms in total. The molecule has 2 aromatic carbocycles. The van der Waals surface area contributed by atoms with Crippen LogP contribution in [-0.4, -0.2) is 17.8 Å². The monoisotopic (exact) mass is 322 g/mol. The molecule has 5 heteroatoms. The summed E-state index contributed by atoms with van der Waals surface area (Å²) in [6.07, 6.45) is 0.217. The van der Waals surface area contributed by atoms with Crippen molar-refractivity contribution in [2.45, 2.75) is 19.3 Å². The number of benzene rings is 2. The van der Waals surface area contributed by atoms with Crippen LogP contribution in [-0.2, 0) is 16.0 Å². The van der Waals surface area contributed by atoms with E-state index in [1.807, 2.05) is 67.6 Å². The van der Waals surface area contributed by atoms with Crippen molar-refractivity contribution in [1.29, 1.82) is 0 Å². The van der Waals surface area contributed by atoms with Crippen LogP contribution in [0.5, 0.6) is 0 Å². The van der Waals surface area contributed by atoms with Crippen LogP contribution < -0.4 is 10.6 Å². The number of carbonyl (C=O) groups excluding carboxylic acids is 3. The van der Waals surface area contributed by atoms with Crippen LogP contribution in [0.3, 0.4) is 0 Å². The molecule has 1 unspecified atom stereocenters. The molecule has 0 saturated carbocycles. The molecule has 2 N–H and O–H groups in total. The Hall–Kier alpha value is -2.95. The highest BCUT2D eigenvalue weighted by atomic mass is 16.2. The summed E-state index contributed by atoms with van der Waals surface area (Å²) in [4.78, 5) is 37.0. The van der Waals surface area contributed by atoms with Crippen molar-refractivity contribution in [3.63, 3.8) is 0 Å². The maximum absolute atomic E-state index is 12.8. The van der Waals surface area contributed by atoms with Crippen LogP contribution in [0, 0.1) is 5.41 Å². The topological polar surface area (TPSA) is 75.3 Å². The fraction of sp³-hybridized carbons (Fsp3) is 0.211. The average Bonchev–Trinajstić information content (AvgIpc) is 2.59. The van der Waals surface area contributed by atoms with Crippen LogP contribution in [0.15, 0.2) is 60.7 Å². The van der Waals surface area contributed by atoms with E-state index in [1.165, 1.54) is 0 Å². The SMILES string of the molecule is CC(c1ccccc1)C1(Cc2ccccc2)C(=O)NC(=O)NC1=O. The largest absolute Gasteiger partial charge is 0.328 e. The Kier molecular flexibility index (Phi) is 4.16. The molecule has 122 valence electrons. The summed E-state index contributed by atoms with van der Waals surface area (Å²) in [7, 11) is 0. The van der Waals surface area contributed by atoms with Gasteiger partial charge in [-0.2, -0.15) is 0 Å². The first-order valence-corrected chi connectivity index (χ1v) is 7.80. The van der Waals surface area contributed by atoms with E-state index in [9.17, 15) is 14.4 Å². The van der Waals surface area contributed by atoms with Crippen LogP contribution in [0.4, 0.5) is 4.79 Å². The third kappa shape index (κ3) is 2.69. The standard InChI is InChI=1S/C19H18N2O3/c1-13(15-10-6-3-7-11-15)19(12-14-8-4-2-5-9-14)16(22)20-18(24)21-17(19)23/h2-11,13H,12H2,1H3,(H2,20,21,22,23,24). The van der Waals surface area contributed by atoms with Gasteiger partial charge in [0.25, 0.3) is 0 Å². The van der Waals surface area contributed by atoms with Crippen LogP contribution in [0.1, 0.15) is 24.0 Å². The lowest BCUT2D eigenvalue weighted by Gasteiger charge is -2.39. The number of urea groups is 1. The Morgan fingerprint density at radius 2 is 1.33 bits per heavy atom. The van der Waals surface area contributed by atoms with Crippen LogP contribution in [0.25, 0.3) is 0 Å². The third-order valence-corrected chi connectivity index (χ3v) is 4.63. The fourth-order valence-corrected chi connectivity index (χ4v) is 3.21. The van der Waals surface area contributed by atoms with E-state index in [-0.39, 0.29) is 6.42 Å². The lowest BCUT2D eigenvalue weighted by atomic mass is 9.67. The summed E-state index contributed by atoms with van der Waals surface area (Å²) in [6, 6.07) is 18.0. The molecule has 0 aromatic heterocycles. The van der Waals surface area contributed by atoms with E-state index in [1.54, 1.807) is 0 Å². The molecule has 1 fully saturated rings. The fourth-order valence-electron chi connectivity index (χ4n) is 3.21. The summed E-state index contributed by atoms with van der Waals surface area (Å²) in [5.41, 5.74) is 0.351. The summed E-state index contributed by atoms with van der Waals surface area (Å²) < 4.78 is 0. The first-order valence-electron chi connectivity index (χ1n) is 7.80.